The summed E-state index contributed by atoms with van der Waals surface area (Å²) in [5.74, 6) is -1.58. The molecular weight excluding hydrogens is 588 g/mol. The third-order valence-corrected chi connectivity index (χ3v) is 9.52. The smallest absolute Gasteiger partial charge is 0.253 e. The number of carbonyl (C=O) groups excluding carboxylic acids is 2. The molecule has 0 fully saturated rings. The molecule has 10 nitrogen and oxygen atoms in total. The van der Waals surface area contributed by atoms with Crippen molar-refractivity contribution in [2.45, 2.75) is 42.9 Å². The van der Waals surface area contributed by atoms with E-state index in [1.54, 1.807) is 61.1 Å². The Morgan fingerprint density at radius 1 is 1.09 bits per heavy atom. The number of fused-ring (bicyclic) bond motifs is 1. The molecule has 3 aromatic carbocycles. The number of halogens is 1. The van der Waals surface area contributed by atoms with Gasteiger partial charge in [0.05, 0.1) is 39.9 Å². The van der Waals surface area contributed by atoms with Gasteiger partial charge in [0, 0.05) is 36.8 Å². The Morgan fingerprint density at radius 2 is 1.81 bits per heavy atom. The van der Waals surface area contributed by atoms with Crippen molar-refractivity contribution in [2.24, 2.45) is 5.73 Å². The van der Waals surface area contributed by atoms with Crippen LogP contribution in [0.1, 0.15) is 50.8 Å². The SMILES string of the molecule is N#Cc1ccc(Cn2cncc2CNC2CCS(=O)(=O)c3c(C(=O)N[C@@H](Cc4ccc(Cl)cc4)C(N)=O)cccc32)cc1. The average molecular weight is 617 g/mol. The first-order valence-corrected chi connectivity index (χ1v) is 15.6. The maximum absolute atomic E-state index is 13.4. The number of benzene rings is 3. The number of aromatic nitrogens is 2. The summed E-state index contributed by atoms with van der Waals surface area (Å²) in [4.78, 5) is 29.9. The summed E-state index contributed by atoms with van der Waals surface area (Å²) in [7, 11) is -3.77. The van der Waals surface area contributed by atoms with E-state index in [-0.39, 0.29) is 28.7 Å². The van der Waals surface area contributed by atoms with Crippen LogP contribution < -0.4 is 16.4 Å². The number of sulfone groups is 1. The lowest BCUT2D eigenvalue weighted by Crippen LogP contribution is -2.46. The van der Waals surface area contributed by atoms with Gasteiger partial charge >= 0.3 is 0 Å². The van der Waals surface area contributed by atoms with Gasteiger partial charge in [-0.05, 0) is 53.4 Å². The van der Waals surface area contributed by atoms with E-state index in [1.165, 1.54) is 6.07 Å². The lowest BCUT2D eigenvalue weighted by Gasteiger charge is -2.28. The number of nitrogens with two attached hydrogens (primary N) is 1. The Balaban J connectivity index is 1.34. The molecule has 2 atom stereocenters. The maximum atomic E-state index is 13.4. The van der Waals surface area contributed by atoms with E-state index in [1.807, 2.05) is 16.7 Å². The van der Waals surface area contributed by atoms with Gasteiger partial charge < -0.3 is 20.9 Å². The molecule has 4 aromatic rings. The van der Waals surface area contributed by atoms with Crippen LogP contribution in [0.5, 0.6) is 0 Å². The number of nitriles is 1. The minimum Gasteiger partial charge on any atom is -0.368 e. The molecule has 43 heavy (non-hydrogen) atoms. The lowest BCUT2D eigenvalue weighted by atomic mass is 9.99. The van der Waals surface area contributed by atoms with Crippen LogP contribution >= 0.6 is 11.6 Å². The van der Waals surface area contributed by atoms with Gasteiger partial charge in [-0.2, -0.15) is 5.26 Å². The number of rotatable bonds is 10. The van der Waals surface area contributed by atoms with Gasteiger partial charge in [0.1, 0.15) is 6.04 Å². The Morgan fingerprint density at radius 3 is 2.51 bits per heavy atom. The van der Waals surface area contributed by atoms with Crippen molar-refractivity contribution < 1.29 is 18.0 Å². The van der Waals surface area contributed by atoms with Gasteiger partial charge in [-0.1, -0.05) is 48.0 Å². The minimum absolute atomic E-state index is 0.0304. The van der Waals surface area contributed by atoms with E-state index in [0.29, 0.717) is 35.7 Å². The molecule has 0 radical (unpaired) electrons. The second-order valence-corrected chi connectivity index (χ2v) is 12.8. The molecular formula is C31H29ClN6O4S. The van der Waals surface area contributed by atoms with E-state index < -0.39 is 27.7 Å². The molecule has 0 spiro atoms. The highest BCUT2D eigenvalue weighted by atomic mass is 35.5. The van der Waals surface area contributed by atoms with Gasteiger partial charge in [-0.3, -0.25) is 9.59 Å². The molecule has 1 aliphatic heterocycles. The maximum Gasteiger partial charge on any atom is 0.253 e. The molecule has 12 heteroatoms. The highest BCUT2D eigenvalue weighted by Gasteiger charge is 2.35. The standard InChI is InChI=1S/C31H29ClN6O4S/c32-23-10-8-20(9-11-23)14-28(30(34)39)37-31(40)26-3-1-2-25-27(12-13-43(41,42)29(25)26)36-17-24-16-35-19-38(24)18-22-6-4-21(15-33)5-7-22/h1-11,16,19,27-28,36H,12-14,17-18H2,(H2,34,39)(H,37,40)/t27?,28-/m0/s1. The fraction of sp³-hybridized carbons (Fsp3) is 0.226. The first-order chi connectivity index (χ1) is 20.6. The Bertz CT molecular complexity index is 1800. The molecule has 0 bridgehead atoms. The van der Waals surface area contributed by atoms with Crippen molar-refractivity contribution in [3.63, 3.8) is 0 Å². The summed E-state index contributed by atoms with van der Waals surface area (Å²) in [5.41, 5.74) is 9.26. The third-order valence-electron chi connectivity index (χ3n) is 7.42. The van der Waals surface area contributed by atoms with Crippen LogP contribution in [0.3, 0.4) is 0 Å². The lowest BCUT2D eigenvalue weighted by molar-refractivity contribution is -0.119. The van der Waals surface area contributed by atoms with Crippen molar-refractivity contribution in [1.29, 1.82) is 5.26 Å². The molecule has 4 N–H and O–H groups in total. The van der Waals surface area contributed by atoms with E-state index in [0.717, 1.165) is 16.8 Å². The van der Waals surface area contributed by atoms with Crippen molar-refractivity contribution in [2.75, 3.05) is 5.75 Å². The Labute approximate surface area is 254 Å². The number of primary amides is 1. The van der Waals surface area contributed by atoms with E-state index in [2.05, 4.69) is 21.7 Å². The molecule has 1 aromatic heterocycles. The largest absolute Gasteiger partial charge is 0.368 e. The van der Waals surface area contributed by atoms with Crippen molar-refractivity contribution >= 4 is 33.3 Å². The Kier molecular flexibility index (Phi) is 8.92. The van der Waals surface area contributed by atoms with Crippen LogP contribution in [0.25, 0.3) is 0 Å². The van der Waals surface area contributed by atoms with Gasteiger partial charge in [0.15, 0.2) is 9.84 Å². The fourth-order valence-corrected chi connectivity index (χ4v) is 7.10. The van der Waals surface area contributed by atoms with Gasteiger partial charge in [-0.15, -0.1) is 0 Å². The van der Waals surface area contributed by atoms with Gasteiger partial charge in [-0.25, -0.2) is 13.4 Å². The van der Waals surface area contributed by atoms with Gasteiger partial charge in [0.25, 0.3) is 5.91 Å². The Hall–Kier alpha value is -4.50. The minimum atomic E-state index is -3.77. The van der Waals surface area contributed by atoms with E-state index in [9.17, 15) is 18.0 Å². The van der Waals surface area contributed by atoms with Crippen LogP contribution in [-0.4, -0.2) is 41.6 Å². The second kappa shape index (κ2) is 12.8. The zero-order valence-electron chi connectivity index (χ0n) is 23.0. The third kappa shape index (κ3) is 6.94. The molecule has 1 aliphatic rings. The number of nitrogens with zero attached hydrogens (tertiary/aromatic N) is 3. The first-order valence-electron chi connectivity index (χ1n) is 13.6. The summed E-state index contributed by atoms with van der Waals surface area (Å²) in [6, 6.07) is 19.6. The highest BCUT2D eigenvalue weighted by molar-refractivity contribution is 7.91. The summed E-state index contributed by atoms with van der Waals surface area (Å²) < 4.78 is 28.5. The zero-order valence-corrected chi connectivity index (χ0v) is 24.6. The number of carbonyl (C=O) groups is 2. The predicted octanol–water partition coefficient (Wildman–Crippen LogP) is 3.29. The van der Waals surface area contributed by atoms with E-state index in [4.69, 9.17) is 22.6 Å². The summed E-state index contributed by atoms with van der Waals surface area (Å²) in [6.07, 6.45) is 3.91. The van der Waals surface area contributed by atoms with Crippen LogP contribution in [0.15, 0.2) is 84.1 Å². The molecule has 1 unspecified atom stereocenters. The van der Waals surface area contributed by atoms with Crippen LogP contribution in [0.2, 0.25) is 5.02 Å². The van der Waals surface area contributed by atoms with Crippen LogP contribution in [-0.2, 0) is 34.1 Å². The zero-order chi connectivity index (χ0) is 30.6. The topological polar surface area (TPSA) is 160 Å². The number of hydrogen-bond acceptors (Lipinski definition) is 7. The summed E-state index contributed by atoms with van der Waals surface area (Å²) in [6.45, 7) is 0.960. The molecule has 5 rings (SSSR count). The second-order valence-electron chi connectivity index (χ2n) is 10.3. The first kappa shape index (κ1) is 30.0. The van der Waals surface area contributed by atoms with Crippen molar-refractivity contribution in [3.8, 4) is 6.07 Å². The van der Waals surface area contributed by atoms with Gasteiger partial charge in [0.2, 0.25) is 5.91 Å². The number of nitrogens with one attached hydrogen (secondary N) is 2. The normalized spacial score (nSPS) is 16.0. The summed E-state index contributed by atoms with van der Waals surface area (Å²) in [5, 5.41) is 15.6. The molecule has 0 saturated carbocycles. The number of imidazole rings is 1. The van der Waals surface area contributed by atoms with E-state index >= 15 is 0 Å². The molecule has 0 saturated heterocycles. The van der Waals surface area contributed by atoms with Crippen molar-refractivity contribution in [1.82, 2.24) is 20.2 Å². The fourth-order valence-electron chi connectivity index (χ4n) is 5.16. The molecule has 2 amide bonds. The summed E-state index contributed by atoms with van der Waals surface area (Å²) >= 11 is 5.95. The molecule has 220 valence electrons. The highest BCUT2D eigenvalue weighted by Crippen LogP contribution is 2.35. The van der Waals surface area contributed by atoms with Crippen molar-refractivity contribution in [3.05, 3.63) is 118 Å². The quantitative estimate of drug-likeness (QED) is 0.246. The predicted molar refractivity (Wildman–Crippen MR) is 161 cm³/mol. The molecule has 2 heterocycles. The number of amides is 2. The van der Waals surface area contributed by atoms with Crippen LogP contribution in [0.4, 0.5) is 0 Å². The average Bonchev–Trinajstić information content (AvgIpc) is 3.44. The monoisotopic (exact) mass is 616 g/mol. The molecule has 0 aliphatic carbocycles. The number of hydrogen-bond donors (Lipinski definition) is 3. The van der Waals surface area contributed by atoms with Crippen LogP contribution in [0, 0.1) is 11.3 Å².